The fourth-order valence-electron chi connectivity index (χ4n) is 2.49. The van der Waals surface area contributed by atoms with Crippen molar-refractivity contribution >= 4 is 33.6 Å². The maximum atomic E-state index is 13.3. The highest BCUT2D eigenvalue weighted by Gasteiger charge is 2.14. The van der Waals surface area contributed by atoms with Gasteiger partial charge in [-0.3, -0.25) is 0 Å². The second-order valence-corrected chi connectivity index (χ2v) is 6.50. The van der Waals surface area contributed by atoms with Gasteiger partial charge < -0.3 is 4.74 Å². The minimum Gasteiger partial charge on any atom is -0.472 e. The third-order valence-electron chi connectivity index (χ3n) is 3.69. The molecule has 0 aliphatic carbocycles. The van der Waals surface area contributed by atoms with Crippen LogP contribution in [0.4, 0.5) is 4.39 Å². The zero-order valence-electron chi connectivity index (χ0n) is 12.9. The lowest BCUT2D eigenvalue weighted by atomic mass is 10.2. The van der Waals surface area contributed by atoms with E-state index in [0.717, 1.165) is 14.8 Å². The van der Waals surface area contributed by atoms with Gasteiger partial charge in [0.05, 0.1) is 11.9 Å². The summed E-state index contributed by atoms with van der Waals surface area (Å²) >= 11 is 2.08. The molecule has 0 atom stereocenters. The van der Waals surface area contributed by atoms with Gasteiger partial charge >= 0.3 is 0 Å². The number of fused-ring (bicyclic) bond motifs is 1. The van der Waals surface area contributed by atoms with Crippen molar-refractivity contribution in [2.45, 2.75) is 6.61 Å². The molecule has 2 heterocycles. The number of aromatic nitrogens is 4. The Balaban J connectivity index is 1.70. The molecule has 2 aromatic carbocycles. The van der Waals surface area contributed by atoms with E-state index < -0.39 is 0 Å². The Morgan fingerprint density at radius 2 is 1.92 bits per heavy atom. The number of halogens is 2. The lowest BCUT2D eigenvalue weighted by Crippen LogP contribution is -2.02. The SMILES string of the molecule is Fc1ccc(-n2ncc3c(OCc4ccccc4)ncnc32)c(I)c1. The predicted octanol–water partition coefficient (Wildman–Crippen LogP) is 4.14. The van der Waals surface area contributed by atoms with Gasteiger partial charge in [0.25, 0.3) is 0 Å². The molecule has 0 bridgehead atoms. The van der Waals surface area contributed by atoms with Crippen LogP contribution < -0.4 is 4.74 Å². The minimum absolute atomic E-state index is 0.286. The summed E-state index contributed by atoms with van der Waals surface area (Å²) in [5.41, 5.74) is 2.42. The van der Waals surface area contributed by atoms with Gasteiger partial charge in [0.2, 0.25) is 5.88 Å². The number of ether oxygens (including phenoxy) is 1. The summed E-state index contributed by atoms with van der Waals surface area (Å²) in [6.45, 7) is 0.409. The molecular formula is C18H12FIN4O. The summed E-state index contributed by atoms with van der Waals surface area (Å²) in [6, 6.07) is 14.4. The molecule has 25 heavy (non-hydrogen) atoms. The van der Waals surface area contributed by atoms with Gasteiger partial charge in [-0.25, -0.2) is 19.0 Å². The number of hydrogen-bond donors (Lipinski definition) is 0. The van der Waals surface area contributed by atoms with Crippen molar-refractivity contribution in [2.75, 3.05) is 0 Å². The summed E-state index contributed by atoms with van der Waals surface area (Å²) in [5.74, 6) is 0.184. The topological polar surface area (TPSA) is 52.8 Å². The molecule has 0 amide bonds. The number of rotatable bonds is 4. The minimum atomic E-state index is -0.286. The van der Waals surface area contributed by atoms with Crippen LogP contribution in [-0.4, -0.2) is 19.7 Å². The normalized spacial score (nSPS) is 11.0. The lowest BCUT2D eigenvalue weighted by Gasteiger charge is -2.07. The Morgan fingerprint density at radius 3 is 2.72 bits per heavy atom. The van der Waals surface area contributed by atoms with Crippen molar-refractivity contribution < 1.29 is 9.13 Å². The van der Waals surface area contributed by atoms with Gasteiger partial charge in [-0.2, -0.15) is 5.10 Å². The Morgan fingerprint density at radius 1 is 1.08 bits per heavy atom. The highest BCUT2D eigenvalue weighted by atomic mass is 127. The highest BCUT2D eigenvalue weighted by molar-refractivity contribution is 14.1. The largest absolute Gasteiger partial charge is 0.472 e. The molecule has 0 radical (unpaired) electrons. The fourth-order valence-corrected chi connectivity index (χ4v) is 3.20. The van der Waals surface area contributed by atoms with Gasteiger partial charge in [0.1, 0.15) is 24.1 Å². The molecule has 124 valence electrons. The summed E-state index contributed by atoms with van der Waals surface area (Å²) < 4.78 is 21.6. The molecule has 7 heteroatoms. The number of hydrogen-bond acceptors (Lipinski definition) is 4. The lowest BCUT2D eigenvalue weighted by molar-refractivity contribution is 0.297. The summed E-state index contributed by atoms with van der Waals surface area (Å²) in [4.78, 5) is 8.53. The molecular weight excluding hydrogens is 434 g/mol. The van der Waals surface area contributed by atoms with E-state index in [2.05, 4.69) is 37.7 Å². The molecule has 4 aromatic rings. The Kier molecular flexibility index (Phi) is 4.31. The van der Waals surface area contributed by atoms with Crippen LogP contribution in [0.5, 0.6) is 5.88 Å². The summed E-state index contributed by atoms with van der Waals surface area (Å²) in [6.07, 6.45) is 3.10. The van der Waals surface area contributed by atoms with Crippen molar-refractivity contribution in [1.29, 1.82) is 0 Å². The summed E-state index contributed by atoms with van der Waals surface area (Å²) in [7, 11) is 0. The molecule has 0 unspecified atom stereocenters. The quantitative estimate of drug-likeness (QED) is 0.443. The monoisotopic (exact) mass is 446 g/mol. The summed E-state index contributed by atoms with van der Waals surface area (Å²) in [5, 5.41) is 5.09. The second-order valence-electron chi connectivity index (χ2n) is 5.34. The van der Waals surface area contributed by atoms with E-state index in [-0.39, 0.29) is 5.82 Å². The fraction of sp³-hybridized carbons (Fsp3) is 0.0556. The second kappa shape index (κ2) is 6.75. The van der Waals surface area contributed by atoms with Crippen molar-refractivity contribution in [2.24, 2.45) is 0 Å². The van der Waals surface area contributed by atoms with Gasteiger partial charge in [-0.1, -0.05) is 30.3 Å². The van der Waals surface area contributed by atoms with E-state index >= 15 is 0 Å². The van der Waals surface area contributed by atoms with Crippen LogP contribution in [0.2, 0.25) is 0 Å². The third kappa shape index (κ3) is 3.19. The van der Waals surface area contributed by atoms with Crippen LogP contribution in [0, 0.1) is 9.39 Å². The van der Waals surface area contributed by atoms with Gasteiger partial charge in [0.15, 0.2) is 5.65 Å². The predicted molar refractivity (Wildman–Crippen MR) is 100 cm³/mol. The standard InChI is InChI=1S/C18H12FIN4O/c19-13-6-7-16(15(20)8-13)24-17-14(9-23-24)18(22-11-21-17)25-10-12-4-2-1-3-5-12/h1-9,11H,10H2. The molecule has 4 rings (SSSR count). The molecule has 5 nitrogen and oxygen atoms in total. The third-order valence-corrected chi connectivity index (χ3v) is 4.55. The average Bonchev–Trinajstić information content (AvgIpc) is 3.05. The molecule has 0 spiro atoms. The van der Waals surface area contributed by atoms with Crippen LogP contribution >= 0.6 is 22.6 Å². The maximum Gasteiger partial charge on any atom is 0.228 e. The van der Waals surface area contributed by atoms with Crippen LogP contribution in [0.25, 0.3) is 16.7 Å². The molecule has 0 aliphatic heterocycles. The van der Waals surface area contributed by atoms with Crippen LogP contribution in [0.15, 0.2) is 61.1 Å². The maximum absolute atomic E-state index is 13.3. The molecule has 0 fully saturated rings. The first-order valence-electron chi connectivity index (χ1n) is 7.53. The van der Waals surface area contributed by atoms with Crippen LogP contribution in [0.1, 0.15) is 5.56 Å². The van der Waals surface area contributed by atoms with E-state index in [1.807, 2.05) is 30.3 Å². The average molecular weight is 446 g/mol. The van der Waals surface area contributed by atoms with E-state index in [4.69, 9.17) is 4.74 Å². The van der Waals surface area contributed by atoms with Crippen molar-refractivity contribution in [3.63, 3.8) is 0 Å². The van der Waals surface area contributed by atoms with Crippen molar-refractivity contribution in [3.05, 3.63) is 76.0 Å². The van der Waals surface area contributed by atoms with E-state index in [0.29, 0.717) is 23.5 Å². The number of benzene rings is 2. The Hall–Kier alpha value is -2.55. The van der Waals surface area contributed by atoms with Gasteiger partial charge in [-0.15, -0.1) is 0 Å². The number of nitrogens with zero attached hydrogens (tertiary/aromatic N) is 4. The van der Waals surface area contributed by atoms with Crippen LogP contribution in [0.3, 0.4) is 0 Å². The van der Waals surface area contributed by atoms with Crippen LogP contribution in [-0.2, 0) is 6.61 Å². The molecule has 0 aliphatic rings. The van der Waals surface area contributed by atoms with E-state index in [1.165, 1.54) is 18.5 Å². The van der Waals surface area contributed by atoms with E-state index in [1.54, 1.807) is 16.9 Å². The Bertz CT molecular complexity index is 1040. The van der Waals surface area contributed by atoms with Gasteiger partial charge in [-0.05, 0) is 46.4 Å². The zero-order chi connectivity index (χ0) is 17.2. The molecule has 0 saturated carbocycles. The van der Waals surface area contributed by atoms with Crippen molar-refractivity contribution in [1.82, 2.24) is 19.7 Å². The molecule has 2 aromatic heterocycles. The first-order chi connectivity index (χ1) is 12.2. The molecule has 0 N–H and O–H groups in total. The first kappa shape index (κ1) is 15.9. The van der Waals surface area contributed by atoms with E-state index in [9.17, 15) is 4.39 Å². The zero-order valence-corrected chi connectivity index (χ0v) is 15.1. The first-order valence-corrected chi connectivity index (χ1v) is 8.61. The molecule has 0 saturated heterocycles. The Labute approximate surface area is 156 Å². The van der Waals surface area contributed by atoms with Crippen molar-refractivity contribution in [3.8, 4) is 11.6 Å². The van der Waals surface area contributed by atoms with Gasteiger partial charge in [0, 0.05) is 3.57 Å². The smallest absolute Gasteiger partial charge is 0.228 e. The highest BCUT2D eigenvalue weighted by Crippen LogP contribution is 2.26.